The first kappa shape index (κ1) is 19.3. The van der Waals surface area contributed by atoms with Gasteiger partial charge < -0.3 is 15.0 Å². The molecule has 8 heteroatoms. The summed E-state index contributed by atoms with van der Waals surface area (Å²) >= 11 is 0. The first-order valence-electron chi connectivity index (χ1n) is 8.70. The summed E-state index contributed by atoms with van der Waals surface area (Å²) in [7, 11) is 0. The van der Waals surface area contributed by atoms with Gasteiger partial charge in [0.2, 0.25) is 11.8 Å². The number of amides is 2. The molecule has 0 bridgehead atoms. The van der Waals surface area contributed by atoms with Crippen LogP contribution in [0.25, 0.3) is 5.70 Å². The minimum absolute atomic E-state index is 0.0805. The molecule has 0 spiro atoms. The highest BCUT2D eigenvalue weighted by Gasteiger charge is 2.41. The van der Waals surface area contributed by atoms with Crippen LogP contribution in [0.1, 0.15) is 44.7 Å². The predicted octanol–water partition coefficient (Wildman–Crippen LogP) is 3.35. The Morgan fingerprint density at radius 1 is 1.33 bits per heavy atom. The molecule has 1 fully saturated rings. The summed E-state index contributed by atoms with van der Waals surface area (Å²) in [6, 6.07) is 3.27. The quantitative estimate of drug-likeness (QED) is 0.872. The van der Waals surface area contributed by atoms with E-state index in [4.69, 9.17) is 4.74 Å². The zero-order valence-electron chi connectivity index (χ0n) is 15.4. The van der Waals surface area contributed by atoms with Crippen LogP contribution in [0.2, 0.25) is 0 Å². The van der Waals surface area contributed by atoms with Gasteiger partial charge >= 0.3 is 6.18 Å². The molecule has 146 valence electrons. The second-order valence-electron chi connectivity index (χ2n) is 7.21. The second kappa shape index (κ2) is 6.58. The van der Waals surface area contributed by atoms with E-state index in [0.29, 0.717) is 30.7 Å². The van der Waals surface area contributed by atoms with E-state index in [-0.39, 0.29) is 29.7 Å². The summed E-state index contributed by atoms with van der Waals surface area (Å²) in [6.45, 7) is 5.39. The number of alkyl halides is 3. The summed E-state index contributed by atoms with van der Waals surface area (Å²) in [5, 5.41) is 2.68. The minimum atomic E-state index is -4.51. The number of nitrogens with one attached hydrogen (secondary N) is 1. The molecule has 1 aromatic carbocycles. The van der Waals surface area contributed by atoms with Crippen LogP contribution in [0.4, 0.5) is 13.2 Å². The first-order chi connectivity index (χ1) is 12.5. The van der Waals surface area contributed by atoms with E-state index in [2.05, 4.69) is 5.32 Å². The van der Waals surface area contributed by atoms with E-state index in [9.17, 15) is 22.8 Å². The lowest BCUT2D eigenvalue weighted by atomic mass is 9.88. The highest BCUT2D eigenvalue weighted by atomic mass is 19.4. The summed E-state index contributed by atoms with van der Waals surface area (Å²) in [4.78, 5) is 25.3. The highest BCUT2D eigenvalue weighted by Crippen LogP contribution is 2.45. The van der Waals surface area contributed by atoms with Crippen molar-refractivity contribution in [1.82, 2.24) is 10.2 Å². The topological polar surface area (TPSA) is 58.6 Å². The fraction of sp³-hybridized carbons (Fsp3) is 0.474. The lowest BCUT2D eigenvalue weighted by Gasteiger charge is -2.39. The number of carbonyl (C=O) groups is 2. The van der Waals surface area contributed by atoms with E-state index in [1.807, 2.05) is 0 Å². The van der Waals surface area contributed by atoms with E-state index in [1.165, 1.54) is 17.9 Å². The molecule has 2 aliphatic rings. The summed E-state index contributed by atoms with van der Waals surface area (Å²) in [5.74, 6) is -0.138. The predicted molar refractivity (Wildman–Crippen MR) is 92.7 cm³/mol. The number of benzene rings is 1. The molecule has 1 N–H and O–H groups in total. The monoisotopic (exact) mass is 382 g/mol. The standard InChI is InChI=1S/C19H21F3N2O3/c1-11(25)23-10-14-17(24-8-4-5-16(24)26)13-9-12(19(20,21)22)6-7-15(13)27-18(14,2)3/h6-7,9H,4-5,8,10H2,1-3H3,(H,23,25). The van der Waals surface area contributed by atoms with Crippen LogP contribution >= 0.6 is 0 Å². The van der Waals surface area contributed by atoms with Gasteiger partial charge in [0.1, 0.15) is 11.4 Å². The Morgan fingerprint density at radius 3 is 2.59 bits per heavy atom. The number of likely N-dealkylation sites (tertiary alicyclic amines) is 1. The van der Waals surface area contributed by atoms with Crippen molar-refractivity contribution in [2.24, 2.45) is 0 Å². The third kappa shape index (κ3) is 3.65. The molecule has 0 saturated carbocycles. The molecule has 0 radical (unpaired) electrons. The van der Waals surface area contributed by atoms with Gasteiger partial charge in [0.05, 0.1) is 11.3 Å². The Morgan fingerprint density at radius 2 is 2.04 bits per heavy atom. The maximum absolute atomic E-state index is 13.2. The van der Waals surface area contributed by atoms with Crippen molar-refractivity contribution >= 4 is 17.5 Å². The molecule has 1 saturated heterocycles. The van der Waals surface area contributed by atoms with Crippen LogP contribution in [0.3, 0.4) is 0 Å². The Balaban J connectivity index is 2.22. The van der Waals surface area contributed by atoms with Crippen molar-refractivity contribution in [3.63, 3.8) is 0 Å². The van der Waals surface area contributed by atoms with Crippen molar-refractivity contribution in [3.8, 4) is 5.75 Å². The van der Waals surface area contributed by atoms with Crippen molar-refractivity contribution in [3.05, 3.63) is 34.9 Å². The number of nitrogens with zero attached hydrogens (tertiary/aromatic N) is 1. The maximum atomic E-state index is 13.2. The fourth-order valence-electron chi connectivity index (χ4n) is 3.47. The summed E-state index contributed by atoms with van der Waals surface area (Å²) in [6.07, 6.45) is -3.54. The van der Waals surface area contributed by atoms with Crippen LogP contribution in [0.5, 0.6) is 5.75 Å². The molecule has 0 aromatic heterocycles. The fourth-order valence-corrected chi connectivity index (χ4v) is 3.47. The molecule has 2 amide bonds. The van der Waals surface area contributed by atoms with Gasteiger partial charge in [-0.05, 0) is 38.5 Å². The smallest absolute Gasteiger partial charge is 0.416 e. The molecule has 0 unspecified atom stereocenters. The van der Waals surface area contributed by atoms with Crippen LogP contribution in [0.15, 0.2) is 23.8 Å². The molecular weight excluding hydrogens is 361 g/mol. The number of rotatable bonds is 3. The van der Waals surface area contributed by atoms with Gasteiger partial charge in [-0.1, -0.05) is 0 Å². The lowest BCUT2D eigenvalue weighted by Crippen LogP contribution is -2.43. The summed E-state index contributed by atoms with van der Waals surface area (Å²) < 4.78 is 45.7. The molecule has 1 aromatic rings. The molecule has 3 rings (SSSR count). The van der Waals surface area contributed by atoms with E-state index >= 15 is 0 Å². The van der Waals surface area contributed by atoms with Gasteiger partial charge in [-0.25, -0.2) is 0 Å². The summed E-state index contributed by atoms with van der Waals surface area (Å²) in [5.41, 5.74) is -0.511. The normalized spacial score (nSPS) is 19.0. The molecule has 0 atom stereocenters. The third-order valence-electron chi connectivity index (χ3n) is 4.80. The Hall–Kier alpha value is -2.51. The SMILES string of the molecule is CC(=O)NCC1=C(N2CCCC2=O)c2cc(C(F)(F)F)ccc2OC1(C)C. The number of carbonyl (C=O) groups excluding carboxylic acids is 2. The Labute approximate surface area is 155 Å². The molecule has 5 nitrogen and oxygen atoms in total. The zero-order valence-corrected chi connectivity index (χ0v) is 15.4. The van der Waals surface area contributed by atoms with Crippen LogP contribution in [0, 0.1) is 0 Å². The van der Waals surface area contributed by atoms with Gasteiger partial charge in [-0.2, -0.15) is 13.2 Å². The van der Waals surface area contributed by atoms with E-state index in [0.717, 1.165) is 12.1 Å². The number of halogens is 3. The Kier molecular flexibility index (Phi) is 4.69. The van der Waals surface area contributed by atoms with Gasteiger partial charge in [-0.3, -0.25) is 9.59 Å². The average molecular weight is 382 g/mol. The van der Waals surface area contributed by atoms with E-state index in [1.54, 1.807) is 13.8 Å². The molecule has 0 aliphatic carbocycles. The number of fused-ring (bicyclic) bond motifs is 1. The largest absolute Gasteiger partial charge is 0.483 e. The molecule has 2 heterocycles. The molecule has 2 aliphatic heterocycles. The van der Waals surface area contributed by atoms with Gasteiger partial charge in [0.25, 0.3) is 0 Å². The van der Waals surface area contributed by atoms with Gasteiger partial charge in [0.15, 0.2) is 0 Å². The van der Waals surface area contributed by atoms with Crippen LogP contribution in [-0.4, -0.2) is 35.4 Å². The van der Waals surface area contributed by atoms with Crippen molar-refractivity contribution in [2.75, 3.05) is 13.1 Å². The minimum Gasteiger partial charge on any atom is -0.483 e. The van der Waals surface area contributed by atoms with Crippen molar-refractivity contribution in [2.45, 2.75) is 45.4 Å². The third-order valence-corrected chi connectivity index (χ3v) is 4.80. The van der Waals surface area contributed by atoms with Gasteiger partial charge in [-0.15, -0.1) is 0 Å². The maximum Gasteiger partial charge on any atom is 0.416 e. The zero-order chi connectivity index (χ0) is 20.0. The molecular formula is C19H21F3N2O3. The average Bonchev–Trinajstić information content (AvgIpc) is 2.95. The van der Waals surface area contributed by atoms with Crippen molar-refractivity contribution < 1.29 is 27.5 Å². The number of ether oxygens (including phenoxy) is 1. The molecule has 27 heavy (non-hydrogen) atoms. The Bertz CT molecular complexity index is 828. The highest BCUT2D eigenvalue weighted by molar-refractivity contribution is 5.92. The van der Waals surface area contributed by atoms with Gasteiger partial charge in [0, 0.05) is 37.6 Å². The van der Waals surface area contributed by atoms with Crippen LogP contribution < -0.4 is 10.1 Å². The van der Waals surface area contributed by atoms with Crippen LogP contribution in [-0.2, 0) is 15.8 Å². The first-order valence-corrected chi connectivity index (χ1v) is 8.70. The number of hydrogen-bond acceptors (Lipinski definition) is 3. The lowest BCUT2D eigenvalue weighted by molar-refractivity contribution is -0.137. The van der Waals surface area contributed by atoms with Crippen molar-refractivity contribution in [1.29, 1.82) is 0 Å². The van der Waals surface area contributed by atoms with E-state index < -0.39 is 17.3 Å². The second-order valence-corrected chi connectivity index (χ2v) is 7.21. The number of hydrogen-bond donors (Lipinski definition) is 1.